The quantitative estimate of drug-likeness (QED) is 0.540. The maximum atomic E-state index is 13.3. The fourth-order valence-electron chi connectivity index (χ4n) is 4.23. The molecule has 0 heterocycles. The van der Waals surface area contributed by atoms with Crippen molar-refractivity contribution in [3.05, 3.63) is 71.3 Å². The lowest BCUT2D eigenvalue weighted by Crippen LogP contribution is -2.43. The molecule has 2 aromatic carbocycles. The zero-order valence-corrected chi connectivity index (χ0v) is 18.2. The Balaban J connectivity index is 1.82. The molecule has 3 rings (SSSR count). The van der Waals surface area contributed by atoms with Crippen molar-refractivity contribution in [3.8, 4) is 0 Å². The van der Waals surface area contributed by atoms with Crippen LogP contribution in [0.3, 0.4) is 0 Å². The van der Waals surface area contributed by atoms with Crippen molar-refractivity contribution in [2.24, 2.45) is 11.3 Å². The second-order valence-electron chi connectivity index (χ2n) is 8.74. The summed E-state index contributed by atoms with van der Waals surface area (Å²) in [4.78, 5) is 26.2. The Bertz CT molecular complexity index is 858. The summed E-state index contributed by atoms with van der Waals surface area (Å²) in [5.74, 6) is -0.331. The van der Waals surface area contributed by atoms with Crippen LogP contribution >= 0.6 is 0 Å². The second-order valence-corrected chi connectivity index (χ2v) is 8.74. The van der Waals surface area contributed by atoms with Gasteiger partial charge in [0.05, 0.1) is 12.2 Å². The molecule has 1 fully saturated rings. The van der Waals surface area contributed by atoms with Crippen LogP contribution in [0, 0.1) is 18.3 Å². The Morgan fingerprint density at radius 1 is 1.07 bits per heavy atom. The van der Waals surface area contributed by atoms with E-state index < -0.39 is 11.5 Å². The van der Waals surface area contributed by atoms with Crippen LogP contribution in [0.5, 0.6) is 0 Å². The van der Waals surface area contributed by atoms with Crippen molar-refractivity contribution in [1.82, 2.24) is 0 Å². The summed E-state index contributed by atoms with van der Waals surface area (Å²) < 4.78 is 11.7. The minimum absolute atomic E-state index is 0.229. The summed E-state index contributed by atoms with van der Waals surface area (Å²) in [5.41, 5.74) is 1.81. The summed E-state index contributed by atoms with van der Waals surface area (Å²) in [5, 5.41) is 0. The molecule has 2 aromatic rings. The largest absolute Gasteiger partial charge is 0.465 e. The molecule has 160 valence electrons. The van der Waals surface area contributed by atoms with Crippen molar-refractivity contribution in [2.75, 3.05) is 6.61 Å². The number of ether oxygens (including phenoxy) is 2. The first-order valence-corrected chi connectivity index (χ1v) is 10.9. The highest BCUT2D eigenvalue weighted by molar-refractivity contribution is 5.91. The maximum Gasteiger partial charge on any atom is 0.338 e. The van der Waals surface area contributed by atoms with Gasteiger partial charge in [-0.2, -0.15) is 0 Å². The van der Waals surface area contributed by atoms with Gasteiger partial charge < -0.3 is 9.47 Å². The molecule has 30 heavy (non-hydrogen) atoms. The first kappa shape index (κ1) is 22.1. The number of carbonyl (C=O) groups is 2. The van der Waals surface area contributed by atoms with E-state index in [1.165, 1.54) is 5.56 Å². The summed E-state index contributed by atoms with van der Waals surface area (Å²) in [7, 11) is 0. The molecule has 0 N–H and O–H groups in total. The monoisotopic (exact) mass is 408 g/mol. The zero-order chi connectivity index (χ0) is 21.6. The zero-order valence-electron chi connectivity index (χ0n) is 18.2. The van der Waals surface area contributed by atoms with Crippen molar-refractivity contribution < 1.29 is 19.1 Å². The molecule has 1 aliphatic rings. The molecular formula is C26H32O4. The van der Waals surface area contributed by atoms with E-state index in [1.807, 2.05) is 57.2 Å². The molecule has 0 radical (unpaired) electrons. The third-order valence-electron chi connectivity index (χ3n) is 5.98. The highest BCUT2D eigenvalue weighted by Gasteiger charge is 2.52. The lowest BCUT2D eigenvalue weighted by atomic mass is 9.78. The summed E-state index contributed by atoms with van der Waals surface area (Å²) in [6.07, 6.45) is 3.10. The maximum absolute atomic E-state index is 13.3. The highest BCUT2D eigenvalue weighted by atomic mass is 16.6. The molecular weight excluding hydrogens is 376 g/mol. The number of benzene rings is 2. The van der Waals surface area contributed by atoms with Gasteiger partial charge in [-0.3, -0.25) is 4.79 Å². The van der Waals surface area contributed by atoms with E-state index in [1.54, 1.807) is 6.07 Å². The third-order valence-corrected chi connectivity index (χ3v) is 5.98. The van der Waals surface area contributed by atoms with Crippen LogP contribution < -0.4 is 0 Å². The smallest absolute Gasteiger partial charge is 0.338 e. The van der Waals surface area contributed by atoms with Gasteiger partial charge in [-0.25, -0.2) is 4.79 Å². The van der Waals surface area contributed by atoms with E-state index in [-0.39, 0.29) is 17.9 Å². The fourth-order valence-corrected chi connectivity index (χ4v) is 4.23. The predicted molar refractivity (Wildman–Crippen MR) is 117 cm³/mol. The molecule has 0 saturated heterocycles. The molecule has 0 spiro atoms. The number of carbonyl (C=O) groups excluding carboxylic acids is 2. The number of hydrogen-bond acceptors (Lipinski definition) is 4. The molecule has 4 heteroatoms. The lowest BCUT2D eigenvalue weighted by Gasteiger charge is -2.33. The van der Waals surface area contributed by atoms with Crippen LogP contribution in [0.2, 0.25) is 0 Å². The van der Waals surface area contributed by atoms with E-state index in [0.29, 0.717) is 31.4 Å². The van der Waals surface area contributed by atoms with Crippen molar-refractivity contribution in [2.45, 2.75) is 59.0 Å². The molecule has 0 aliphatic heterocycles. The van der Waals surface area contributed by atoms with Crippen molar-refractivity contribution in [3.63, 3.8) is 0 Å². The van der Waals surface area contributed by atoms with Gasteiger partial charge in [-0.05, 0) is 62.1 Å². The van der Waals surface area contributed by atoms with Gasteiger partial charge in [0.1, 0.15) is 11.5 Å². The SMILES string of the molecule is Cc1ccccc1C(=O)OC1CCCC1(CCc1ccccc1)C(=O)OCC(C)C. The minimum atomic E-state index is -0.789. The van der Waals surface area contributed by atoms with Gasteiger partial charge in [-0.1, -0.05) is 62.4 Å². The first-order chi connectivity index (χ1) is 14.4. The third kappa shape index (κ3) is 5.10. The van der Waals surface area contributed by atoms with Gasteiger partial charge in [0.25, 0.3) is 0 Å². The van der Waals surface area contributed by atoms with E-state index in [0.717, 1.165) is 18.4 Å². The van der Waals surface area contributed by atoms with E-state index in [4.69, 9.17) is 9.47 Å². The Kier molecular flexibility index (Phi) is 7.30. The number of rotatable bonds is 8. The lowest BCUT2D eigenvalue weighted by molar-refractivity contribution is -0.163. The van der Waals surface area contributed by atoms with Gasteiger partial charge in [0, 0.05) is 0 Å². The van der Waals surface area contributed by atoms with E-state index in [9.17, 15) is 9.59 Å². The number of aryl methyl sites for hydroxylation is 2. The molecule has 2 unspecified atom stereocenters. The van der Waals surface area contributed by atoms with Gasteiger partial charge in [0.2, 0.25) is 0 Å². The minimum Gasteiger partial charge on any atom is -0.465 e. The number of hydrogen-bond donors (Lipinski definition) is 0. The number of esters is 2. The average Bonchev–Trinajstić information content (AvgIpc) is 3.15. The van der Waals surface area contributed by atoms with Crippen LogP contribution in [0.25, 0.3) is 0 Å². The summed E-state index contributed by atoms with van der Waals surface area (Å²) in [6.45, 7) is 6.32. The average molecular weight is 409 g/mol. The Morgan fingerprint density at radius 3 is 2.47 bits per heavy atom. The van der Waals surface area contributed by atoms with Crippen LogP contribution in [0.1, 0.15) is 61.0 Å². The molecule has 0 bridgehead atoms. The molecule has 1 aliphatic carbocycles. The molecule has 0 aromatic heterocycles. The normalized spacial score (nSPS) is 20.9. The Labute approximate surface area is 179 Å². The van der Waals surface area contributed by atoms with Gasteiger partial charge in [-0.15, -0.1) is 0 Å². The topological polar surface area (TPSA) is 52.6 Å². The van der Waals surface area contributed by atoms with Crippen LogP contribution in [-0.2, 0) is 20.7 Å². The Morgan fingerprint density at radius 2 is 1.77 bits per heavy atom. The fraction of sp³-hybridized carbons (Fsp3) is 0.462. The van der Waals surface area contributed by atoms with Crippen LogP contribution in [0.15, 0.2) is 54.6 Å². The van der Waals surface area contributed by atoms with Crippen molar-refractivity contribution in [1.29, 1.82) is 0 Å². The second kappa shape index (κ2) is 9.92. The Hall–Kier alpha value is -2.62. The van der Waals surface area contributed by atoms with E-state index >= 15 is 0 Å². The summed E-state index contributed by atoms with van der Waals surface area (Å²) >= 11 is 0. The molecule has 2 atom stereocenters. The molecule has 1 saturated carbocycles. The standard InChI is InChI=1S/C26H32O4/c1-19(2)18-29-25(28)26(17-15-21-11-5-4-6-12-21)16-9-14-23(26)30-24(27)22-13-8-7-10-20(22)3/h4-8,10-13,19,23H,9,14-18H2,1-3H3. The predicted octanol–water partition coefficient (Wildman–Crippen LogP) is 5.52. The molecule has 0 amide bonds. The van der Waals surface area contributed by atoms with Gasteiger partial charge >= 0.3 is 11.9 Å². The van der Waals surface area contributed by atoms with Crippen LogP contribution in [-0.4, -0.2) is 24.6 Å². The van der Waals surface area contributed by atoms with Crippen LogP contribution in [0.4, 0.5) is 0 Å². The van der Waals surface area contributed by atoms with Gasteiger partial charge in [0.15, 0.2) is 0 Å². The summed E-state index contributed by atoms with van der Waals surface area (Å²) in [6, 6.07) is 17.5. The molecule has 4 nitrogen and oxygen atoms in total. The highest BCUT2D eigenvalue weighted by Crippen LogP contribution is 2.45. The van der Waals surface area contributed by atoms with Crippen molar-refractivity contribution >= 4 is 11.9 Å². The first-order valence-electron chi connectivity index (χ1n) is 10.9. The van der Waals surface area contributed by atoms with E-state index in [2.05, 4.69) is 12.1 Å².